The number of rotatable bonds is 4. The van der Waals surface area contributed by atoms with Crippen LogP contribution in [0, 0.1) is 6.92 Å². The van der Waals surface area contributed by atoms with Crippen molar-refractivity contribution in [2.75, 3.05) is 5.75 Å². The first-order valence-corrected chi connectivity index (χ1v) is 5.82. The average molecular weight is 236 g/mol. The van der Waals surface area contributed by atoms with Crippen LogP contribution in [0.1, 0.15) is 16.3 Å². The fraction of sp³-hybridized carbons (Fsp3) is 0.300. The van der Waals surface area contributed by atoms with Gasteiger partial charge in [0.05, 0.1) is 11.4 Å². The van der Waals surface area contributed by atoms with Crippen molar-refractivity contribution in [1.82, 2.24) is 19.7 Å². The van der Waals surface area contributed by atoms with E-state index in [1.165, 1.54) is 11.8 Å². The van der Waals surface area contributed by atoms with Gasteiger partial charge in [-0.2, -0.15) is 0 Å². The van der Waals surface area contributed by atoms with E-state index in [0.29, 0.717) is 11.4 Å². The van der Waals surface area contributed by atoms with Crippen molar-refractivity contribution in [2.45, 2.75) is 12.1 Å². The lowest BCUT2D eigenvalue weighted by Crippen LogP contribution is -2.04. The Morgan fingerprint density at radius 1 is 1.56 bits per heavy atom. The first kappa shape index (κ1) is 10.9. The second kappa shape index (κ2) is 4.52. The molecular formula is C10H12N4OS. The molecule has 0 aliphatic heterocycles. The van der Waals surface area contributed by atoms with Gasteiger partial charge in [-0.3, -0.25) is 4.79 Å². The van der Waals surface area contributed by atoms with Gasteiger partial charge in [0.2, 0.25) is 0 Å². The van der Waals surface area contributed by atoms with Crippen molar-refractivity contribution in [3.63, 3.8) is 0 Å². The third-order valence-corrected chi connectivity index (χ3v) is 3.30. The number of carbonyl (C=O) groups excluding carboxylic acids is 1. The van der Waals surface area contributed by atoms with Gasteiger partial charge < -0.3 is 9.55 Å². The second-order valence-electron chi connectivity index (χ2n) is 3.38. The smallest absolute Gasteiger partial charge is 0.191 e. The highest BCUT2D eigenvalue weighted by Gasteiger charge is 2.10. The highest BCUT2D eigenvalue weighted by Crippen LogP contribution is 2.16. The maximum absolute atomic E-state index is 11.7. The van der Waals surface area contributed by atoms with Gasteiger partial charge in [0.15, 0.2) is 10.9 Å². The van der Waals surface area contributed by atoms with Crippen molar-refractivity contribution >= 4 is 17.5 Å². The molecule has 0 amide bonds. The molecule has 2 aromatic heterocycles. The molecule has 0 aliphatic rings. The molecular weight excluding hydrogens is 224 g/mol. The van der Waals surface area contributed by atoms with E-state index >= 15 is 0 Å². The van der Waals surface area contributed by atoms with Gasteiger partial charge in [-0.1, -0.05) is 11.8 Å². The van der Waals surface area contributed by atoms with Crippen molar-refractivity contribution < 1.29 is 4.79 Å². The summed E-state index contributed by atoms with van der Waals surface area (Å²) in [6.45, 7) is 1.88. The Bertz CT molecular complexity index is 489. The largest absolute Gasteiger partial charge is 0.359 e. The minimum atomic E-state index is 0.0654. The van der Waals surface area contributed by atoms with Crippen LogP contribution in [0.15, 0.2) is 23.5 Å². The molecule has 2 heterocycles. The summed E-state index contributed by atoms with van der Waals surface area (Å²) in [4.78, 5) is 14.6. The molecule has 6 heteroatoms. The lowest BCUT2D eigenvalue weighted by molar-refractivity contribution is 0.101. The number of Topliss-reactive ketones (excluding diaryl/α,β-unsaturated/α-hetero) is 1. The lowest BCUT2D eigenvalue weighted by atomic mass is 10.3. The fourth-order valence-electron chi connectivity index (χ4n) is 1.23. The number of hydrogen-bond acceptors (Lipinski definition) is 4. The minimum Gasteiger partial charge on any atom is -0.359 e. The molecule has 16 heavy (non-hydrogen) atoms. The van der Waals surface area contributed by atoms with Crippen molar-refractivity contribution in [3.8, 4) is 0 Å². The predicted octanol–water partition coefficient (Wildman–Crippen LogP) is 1.43. The molecule has 0 saturated carbocycles. The van der Waals surface area contributed by atoms with Gasteiger partial charge in [-0.15, -0.1) is 10.2 Å². The molecule has 0 radical (unpaired) electrons. The summed E-state index contributed by atoms with van der Waals surface area (Å²) < 4.78 is 1.87. The van der Waals surface area contributed by atoms with E-state index in [2.05, 4.69) is 15.2 Å². The normalized spacial score (nSPS) is 10.6. The molecule has 0 aromatic carbocycles. The summed E-state index contributed by atoms with van der Waals surface area (Å²) in [5, 5.41) is 8.67. The van der Waals surface area contributed by atoms with E-state index < -0.39 is 0 Å². The van der Waals surface area contributed by atoms with E-state index in [1.807, 2.05) is 24.6 Å². The molecule has 0 unspecified atom stereocenters. The number of nitrogens with one attached hydrogen (secondary N) is 1. The molecule has 0 saturated heterocycles. The number of H-pyrrole nitrogens is 1. The van der Waals surface area contributed by atoms with Gasteiger partial charge >= 0.3 is 0 Å². The molecule has 0 aliphatic carbocycles. The Labute approximate surface area is 97.3 Å². The van der Waals surface area contributed by atoms with E-state index in [1.54, 1.807) is 12.3 Å². The number of carbonyl (C=O) groups is 1. The molecule has 1 N–H and O–H groups in total. The topological polar surface area (TPSA) is 63.6 Å². The maximum atomic E-state index is 11.7. The zero-order valence-electron chi connectivity index (χ0n) is 9.10. The van der Waals surface area contributed by atoms with Crippen molar-refractivity contribution in [1.29, 1.82) is 0 Å². The number of aromatic amines is 1. The Morgan fingerprint density at radius 2 is 2.38 bits per heavy atom. The zero-order chi connectivity index (χ0) is 11.5. The molecule has 2 rings (SSSR count). The van der Waals surface area contributed by atoms with Crippen LogP contribution in [-0.4, -0.2) is 31.3 Å². The van der Waals surface area contributed by atoms with Crippen LogP contribution in [0.2, 0.25) is 0 Å². The fourth-order valence-corrected chi connectivity index (χ4v) is 2.07. The molecule has 0 atom stereocenters. The number of aryl methyl sites for hydroxylation is 1. The van der Waals surface area contributed by atoms with Gasteiger partial charge in [0, 0.05) is 13.2 Å². The summed E-state index contributed by atoms with van der Waals surface area (Å²) >= 11 is 1.39. The number of hydrogen-bond donors (Lipinski definition) is 1. The second-order valence-corrected chi connectivity index (χ2v) is 4.33. The van der Waals surface area contributed by atoms with Crippen molar-refractivity contribution in [2.24, 2.45) is 7.05 Å². The number of ketones is 1. The Kier molecular flexibility index (Phi) is 3.09. The summed E-state index contributed by atoms with van der Waals surface area (Å²) in [7, 11) is 1.89. The first-order chi connectivity index (χ1) is 7.68. The summed E-state index contributed by atoms with van der Waals surface area (Å²) in [6.07, 6.45) is 1.74. The number of aromatic nitrogens is 4. The van der Waals surface area contributed by atoms with Crippen LogP contribution >= 0.6 is 11.8 Å². The van der Waals surface area contributed by atoms with Gasteiger partial charge in [0.25, 0.3) is 0 Å². The van der Waals surface area contributed by atoms with Gasteiger partial charge in [-0.25, -0.2) is 0 Å². The molecule has 0 bridgehead atoms. The van der Waals surface area contributed by atoms with Crippen LogP contribution in [0.3, 0.4) is 0 Å². The Balaban J connectivity index is 1.98. The quantitative estimate of drug-likeness (QED) is 0.644. The van der Waals surface area contributed by atoms with E-state index in [9.17, 15) is 4.79 Å². The van der Waals surface area contributed by atoms with Crippen LogP contribution in [0.25, 0.3) is 0 Å². The number of nitrogens with zero attached hydrogens (tertiary/aromatic N) is 3. The van der Waals surface area contributed by atoms with E-state index in [0.717, 1.165) is 11.0 Å². The molecule has 0 fully saturated rings. The van der Waals surface area contributed by atoms with Gasteiger partial charge in [0.1, 0.15) is 5.82 Å². The summed E-state index contributed by atoms with van der Waals surface area (Å²) in [5.74, 6) is 1.28. The number of thioether (sulfide) groups is 1. The zero-order valence-corrected chi connectivity index (χ0v) is 9.91. The van der Waals surface area contributed by atoms with Crippen LogP contribution in [0.5, 0.6) is 0 Å². The third-order valence-electron chi connectivity index (χ3n) is 2.28. The maximum Gasteiger partial charge on any atom is 0.191 e. The highest BCUT2D eigenvalue weighted by molar-refractivity contribution is 7.99. The molecule has 84 valence electrons. The summed E-state index contributed by atoms with van der Waals surface area (Å²) in [5.41, 5.74) is 0.631. The van der Waals surface area contributed by atoms with E-state index in [4.69, 9.17) is 0 Å². The van der Waals surface area contributed by atoms with Crippen LogP contribution < -0.4 is 0 Å². The molecule has 2 aromatic rings. The van der Waals surface area contributed by atoms with Crippen molar-refractivity contribution in [3.05, 3.63) is 29.8 Å². The molecule has 0 spiro atoms. The lowest BCUT2D eigenvalue weighted by Gasteiger charge is -2.00. The Hall–Kier alpha value is -1.56. The Morgan fingerprint density at radius 3 is 2.94 bits per heavy atom. The van der Waals surface area contributed by atoms with Crippen LogP contribution in [0.4, 0.5) is 0 Å². The highest BCUT2D eigenvalue weighted by atomic mass is 32.2. The SMILES string of the molecule is Cc1nnc(SCC(=O)c2ccc[nH]2)n1C. The van der Waals surface area contributed by atoms with Crippen LogP contribution in [-0.2, 0) is 7.05 Å². The monoisotopic (exact) mass is 236 g/mol. The van der Waals surface area contributed by atoms with Gasteiger partial charge in [-0.05, 0) is 19.1 Å². The minimum absolute atomic E-state index is 0.0654. The summed E-state index contributed by atoms with van der Waals surface area (Å²) in [6, 6.07) is 3.58. The standard InChI is InChI=1S/C10H12N4OS/c1-7-12-13-10(14(7)2)16-6-9(15)8-4-3-5-11-8/h3-5,11H,6H2,1-2H3. The third kappa shape index (κ3) is 2.16. The van der Waals surface area contributed by atoms with E-state index in [-0.39, 0.29) is 5.78 Å². The first-order valence-electron chi connectivity index (χ1n) is 4.84. The predicted molar refractivity (Wildman–Crippen MR) is 61.6 cm³/mol. The average Bonchev–Trinajstić information content (AvgIpc) is 2.89. The molecule has 5 nitrogen and oxygen atoms in total.